The van der Waals surface area contributed by atoms with Crippen molar-refractivity contribution in [1.29, 1.82) is 0 Å². The number of thiophene rings is 1. The molecule has 0 saturated carbocycles. The Balaban J connectivity index is 1.12. The molecule has 3 heteroatoms. The maximum Gasteiger partial charge on any atom is 0.159 e. The molecule has 2 aromatic heterocycles. The molecule has 0 aliphatic rings. The average Bonchev–Trinajstić information content (AvgIpc) is 3.87. The summed E-state index contributed by atoms with van der Waals surface area (Å²) in [6.07, 6.45) is 0. The van der Waals surface area contributed by atoms with E-state index in [2.05, 4.69) is 211 Å². The smallest absolute Gasteiger partial charge is 0.159 e. The minimum atomic E-state index is 0.857. The third kappa shape index (κ3) is 5.63. The van der Waals surface area contributed by atoms with E-state index in [0.29, 0.717) is 0 Å². The minimum Gasteiger partial charge on any atom is -0.454 e. The lowest BCUT2D eigenvalue weighted by Crippen LogP contribution is -2.11. The molecule has 0 N–H and O–H groups in total. The van der Waals surface area contributed by atoms with Crippen LogP contribution in [0.2, 0.25) is 0 Å². The maximum atomic E-state index is 6.74. The lowest BCUT2D eigenvalue weighted by Gasteiger charge is -2.28. The third-order valence-electron chi connectivity index (χ3n) is 11.1. The van der Waals surface area contributed by atoms with Crippen LogP contribution >= 0.6 is 11.3 Å². The Morgan fingerprint density at radius 2 is 0.860 bits per heavy atom. The molecule has 2 heterocycles. The van der Waals surface area contributed by atoms with Crippen molar-refractivity contribution in [1.82, 2.24) is 0 Å². The number of fused-ring (bicyclic) bond motifs is 6. The van der Waals surface area contributed by atoms with Crippen LogP contribution in [0.4, 0.5) is 17.1 Å². The van der Waals surface area contributed by atoms with Crippen molar-refractivity contribution < 1.29 is 4.42 Å². The number of hydrogen-bond donors (Lipinski definition) is 0. The Kier molecular flexibility index (Phi) is 8.04. The van der Waals surface area contributed by atoms with E-state index >= 15 is 0 Å². The zero-order valence-electron chi connectivity index (χ0n) is 31.0. The van der Waals surface area contributed by atoms with Gasteiger partial charge in [0.25, 0.3) is 0 Å². The van der Waals surface area contributed by atoms with Crippen LogP contribution < -0.4 is 4.90 Å². The molecular weight excluding hydrogens is 711 g/mol. The highest BCUT2D eigenvalue weighted by Crippen LogP contribution is 2.48. The SMILES string of the molecule is c1ccc(-c2ccccc2-c2ccccc2-c2ccccc2N(c2ccc(-c3cccc4c3sc3ccccc34)cc2)c2cccc3c2oc2ccccc23)cc1. The van der Waals surface area contributed by atoms with E-state index in [1.165, 1.54) is 53.6 Å². The maximum absolute atomic E-state index is 6.74. The normalized spacial score (nSPS) is 11.5. The molecule has 0 atom stereocenters. The summed E-state index contributed by atoms with van der Waals surface area (Å²) < 4.78 is 9.36. The Hall–Kier alpha value is -7.20. The Bertz CT molecular complexity index is 3250. The van der Waals surface area contributed by atoms with E-state index in [9.17, 15) is 0 Å². The van der Waals surface area contributed by atoms with Gasteiger partial charge in [-0.1, -0.05) is 176 Å². The standard InChI is InChI=1S/C54H35NOS/c1-2-16-36(17-3-1)39-18-4-5-19-41(39)42-20-6-7-21-43(42)44-22-8-11-28-49(44)55(50-29-15-26-47-45-23-9-12-30-51(45)56-53(47)50)38-34-32-37(33-35-38)40-25-14-27-48-46-24-10-13-31-52(46)57-54(40)48/h1-35H. The molecule has 0 fully saturated rings. The van der Waals surface area contributed by atoms with Crippen LogP contribution in [0.1, 0.15) is 0 Å². The van der Waals surface area contributed by atoms with Crippen molar-refractivity contribution in [2.45, 2.75) is 0 Å². The van der Waals surface area contributed by atoms with Crippen molar-refractivity contribution in [2.24, 2.45) is 0 Å². The average molecular weight is 746 g/mol. The molecule has 11 aromatic rings. The van der Waals surface area contributed by atoms with Crippen LogP contribution in [0, 0.1) is 0 Å². The largest absolute Gasteiger partial charge is 0.454 e. The van der Waals surface area contributed by atoms with Gasteiger partial charge in [-0.15, -0.1) is 11.3 Å². The molecule has 57 heavy (non-hydrogen) atoms. The molecule has 9 aromatic carbocycles. The topological polar surface area (TPSA) is 16.4 Å². The number of hydrogen-bond acceptors (Lipinski definition) is 3. The lowest BCUT2D eigenvalue weighted by molar-refractivity contribution is 0.669. The predicted octanol–water partition coefficient (Wildman–Crippen LogP) is 16.1. The lowest BCUT2D eigenvalue weighted by atomic mass is 9.88. The van der Waals surface area contributed by atoms with Crippen LogP contribution in [-0.4, -0.2) is 0 Å². The molecule has 0 amide bonds. The zero-order valence-corrected chi connectivity index (χ0v) is 31.8. The molecule has 0 radical (unpaired) electrons. The fourth-order valence-corrected chi connectivity index (χ4v) is 9.76. The van der Waals surface area contributed by atoms with E-state index in [1.807, 2.05) is 17.4 Å². The predicted molar refractivity (Wildman–Crippen MR) is 243 cm³/mol. The monoisotopic (exact) mass is 745 g/mol. The molecule has 0 bridgehead atoms. The number of benzene rings is 9. The summed E-state index contributed by atoms with van der Waals surface area (Å²) in [5.74, 6) is 0. The van der Waals surface area contributed by atoms with Gasteiger partial charge in [0.2, 0.25) is 0 Å². The second-order valence-electron chi connectivity index (χ2n) is 14.4. The highest BCUT2D eigenvalue weighted by molar-refractivity contribution is 7.26. The van der Waals surface area contributed by atoms with Gasteiger partial charge < -0.3 is 9.32 Å². The summed E-state index contributed by atoms with van der Waals surface area (Å²) in [7, 11) is 0. The van der Waals surface area contributed by atoms with Gasteiger partial charge in [-0.2, -0.15) is 0 Å². The molecular formula is C54H35NOS. The summed E-state index contributed by atoms with van der Waals surface area (Å²) >= 11 is 1.87. The zero-order chi connectivity index (χ0) is 37.7. The van der Waals surface area contributed by atoms with Crippen LogP contribution in [0.15, 0.2) is 217 Å². The van der Waals surface area contributed by atoms with Crippen molar-refractivity contribution in [3.05, 3.63) is 212 Å². The summed E-state index contributed by atoms with van der Waals surface area (Å²) in [5, 5.41) is 4.81. The van der Waals surface area contributed by atoms with Gasteiger partial charge >= 0.3 is 0 Å². The second-order valence-corrected chi connectivity index (χ2v) is 15.4. The Morgan fingerprint density at radius 1 is 0.333 bits per heavy atom. The highest BCUT2D eigenvalue weighted by Gasteiger charge is 2.23. The van der Waals surface area contributed by atoms with E-state index < -0.39 is 0 Å². The molecule has 11 rings (SSSR count). The number of rotatable bonds is 7. The molecule has 2 nitrogen and oxygen atoms in total. The van der Waals surface area contributed by atoms with E-state index in [0.717, 1.165) is 50.1 Å². The van der Waals surface area contributed by atoms with E-state index in [4.69, 9.17) is 4.42 Å². The number of furan rings is 1. The van der Waals surface area contributed by atoms with Gasteiger partial charge in [0, 0.05) is 42.2 Å². The number of nitrogens with zero attached hydrogens (tertiary/aromatic N) is 1. The van der Waals surface area contributed by atoms with Gasteiger partial charge in [-0.3, -0.25) is 0 Å². The first-order chi connectivity index (χ1) is 28.3. The first-order valence-corrected chi connectivity index (χ1v) is 20.2. The summed E-state index contributed by atoms with van der Waals surface area (Å²) in [6.45, 7) is 0. The Labute approximate surface area is 335 Å². The number of anilines is 3. The van der Waals surface area contributed by atoms with Gasteiger partial charge in [0.15, 0.2) is 5.58 Å². The fraction of sp³-hybridized carbons (Fsp3) is 0. The fourth-order valence-electron chi connectivity index (χ4n) is 8.52. The van der Waals surface area contributed by atoms with Crippen molar-refractivity contribution in [3.8, 4) is 44.5 Å². The number of para-hydroxylation sites is 3. The van der Waals surface area contributed by atoms with Gasteiger partial charge in [0.05, 0.1) is 11.4 Å². The van der Waals surface area contributed by atoms with E-state index in [-0.39, 0.29) is 0 Å². The van der Waals surface area contributed by atoms with E-state index in [1.54, 1.807) is 0 Å². The molecule has 0 saturated heterocycles. The molecule has 0 aliphatic heterocycles. The van der Waals surface area contributed by atoms with Gasteiger partial charge in [-0.05, 0) is 75.3 Å². The molecule has 0 unspecified atom stereocenters. The molecule has 0 aliphatic carbocycles. The highest BCUT2D eigenvalue weighted by atomic mass is 32.1. The van der Waals surface area contributed by atoms with Crippen molar-refractivity contribution in [2.75, 3.05) is 4.90 Å². The van der Waals surface area contributed by atoms with Crippen LogP contribution in [0.25, 0.3) is 86.6 Å². The van der Waals surface area contributed by atoms with Crippen molar-refractivity contribution in [3.63, 3.8) is 0 Å². The quantitative estimate of drug-likeness (QED) is 0.162. The molecule has 0 spiro atoms. The molecule has 268 valence electrons. The summed E-state index contributed by atoms with van der Waals surface area (Å²) in [4.78, 5) is 2.38. The first-order valence-electron chi connectivity index (χ1n) is 19.3. The van der Waals surface area contributed by atoms with Crippen molar-refractivity contribution >= 4 is 70.5 Å². The summed E-state index contributed by atoms with van der Waals surface area (Å²) in [5.41, 5.74) is 14.3. The van der Waals surface area contributed by atoms with Gasteiger partial charge in [0.1, 0.15) is 5.58 Å². The first kappa shape index (κ1) is 33.2. The van der Waals surface area contributed by atoms with Gasteiger partial charge in [-0.25, -0.2) is 0 Å². The Morgan fingerprint density at radius 3 is 1.67 bits per heavy atom. The van der Waals surface area contributed by atoms with Crippen LogP contribution in [-0.2, 0) is 0 Å². The second kappa shape index (κ2) is 13.8. The minimum absolute atomic E-state index is 0.857. The summed E-state index contributed by atoms with van der Waals surface area (Å²) in [6, 6.07) is 76.3. The third-order valence-corrected chi connectivity index (χ3v) is 12.3. The van der Waals surface area contributed by atoms with Crippen LogP contribution in [0.5, 0.6) is 0 Å². The van der Waals surface area contributed by atoms with Crippen LogP contribution in [0.3, 0.4) is 0 Å².